The Kier molecular flexibility index (Phi) is 4.65. The molecule has 1 aliphatic carbocycles. The van der Waals surface area contributed by atoms with Crippen molar-refractivity contribution in [2.45, 2.75) is 25.8 Å². The number of halogens is 1. The van der Waals surface area contributed by atoms with Gasteiger partial charge in [-0.25, -0.2) is 9.18 Å². The largest absolute Gasteiger partial charge is 0.481 e. The second-order valence-electron chi connectivity index (χ2n) is 6.22. The zero-order chi connectivity index (χ0) is 18.0. The highest BCUT2D eigenvalue weighted by Crippen LogP contribution is 2.28. The molecule has 0 unspecified atom stereocenters. The second kappa shape index (κ2) is 6.88. The van der Waals surface area contributed by atoms with Gasteiger partial charge in [0, 0.05) is 23.5 Å². The van der Waals surface area contributed by atoms with Gasteiger partial charge in [-0.05, 0) is 43.0 Å². The Hall–Kier alpha value is -2.96. The van der Waals surface area contributed by atoms with E-state index in [1.54, 1.807) is 12.3 Å². The van der Waals surface area contributed by atoms with Crippen LogP contribution in [-0.2, 0) is 4.79 Å². The number of rotatable bonds is 4. The van der Waals surface area contributed by atoms with Crippen molar-refractivity contribution in [1.29, 1.82) is 0 Å². The molecular weight excluding hydrogens is 325 g/mol. The molecule has 0 atom stereocenters. The third kappa shape index (κ3) is 3.93. The van der Waals surface area contributed by atoms with Crippen LogP contribution in [0.2, 0.25) is 0 Å². The zero-order valence-electron chi connectivity index (χ0n) is 13.6. The number of benzene rings is 1. The molecule has 7 heteroatoms. The third-order valence-corrected chi connectivity index (χ3v) is 4.35. The molecule has 0 aliphatic heterocycles. The van der Waals surface area contributed by atoms with Crippen molar-refractivity contribution >= 4 is 17.7 Å². The van der Waals surface area contributed by atoms with Crippen molar-refractivity contribution in [2.24, 2.45) is 5.92 Å². The molecule has 1 saturated carbocycles. The highest BCUT2D eigenvalue weighted by Gasteiger charge is 2.35. The van der Waals surface area contributed by atoms with E-state index < -0.39 is 11.8 Å². The Morgan fingerprint density at radius 3 is 2.64 bits per heavy atom. The Morgan fingerprint density at radius 1 is 1.20 bits per heavy atom. The molecule has 1 heterocycles. The molecule has 2 aromatic rings. The lowest BCUT2D eigenvalue weighted by Crippen LogP contribution is -2.48. The van der Waals surface area contributed by atoms with Crippen LogP contribution in [0.5, 0.6) is 0 Å². The maximum absolute atomic E-state index is 13.3. The highest BCUT2D eigenvalue weighted by atomic mass is 19.1. The quantitative estimate of drug-likeness (QED) is 0.795. The van der Waals surface area contributed by atoms with Crippen molar-refractivity contribution in [1.82, 2.24) is 10.3 Å². The lowest BCUT2D eigenvalue weighted by Gasteiger charge is -2.32. The molecule has 3 rings (SSSR count). The number of pyridine rings is 1. The minimum atomic E-state index is -0.828. The van der Waals surface area contributed by atoms with Crippen LogP contribution in [0.3, 0.4) is 0 Å². The molecule has 2 amide bonds. The maximum Gasteiger partial charge on any atom is 0.319 e. The number of hydrogen-bond acceptors (Lipinski definition) is 3. The summed E-state index contributed by atoms with van der Waals surface area (Å²) in [5.74, 6) is -1.63. The third-order valence-electron chi connectivity index (χ3n) is 4.35. The summed E-state index contributed by atoms with van der Waals surface area (Å²) in [7, 11) is 0. The van der Waals surface area contributed by atoms with E-state index >= 15 is 0 Å². The number of hydrogen-bond donors (Lipinski definition) is 3. The number of carboxylic acids is 1. The topological polar surface area (TPSA) is 91.3 Å². The minimum Gasteiger partial charge on any atom is -0.481 e. The van der Waals surface area contributed by atoms with Crippen LogP contribution in [-0.4, -0.2) is 28.1 Å². The Bertz CT molecular complexity index is 819. The summed E-state index contributed by atoms with van der Waals surface area (Å²) < 4.78 is 13.3. The lowest BCUT2D eigenvalue weighted by atomic mass is 9.80. The zero-order valence-corrected chi connectivity index (χ0v) is 13.6. The highest BCUT2D eigenvalue weighted by molar-refractivity contribution is 5.91. The van der Waals surface area contributed by atoms with Crippen molar-refractivity contribution in [3.63, 3.8) is 0 Å². The van der Waals surface area contributed by atoms with E-state index in [-0.39, 0.29) is 18.0 Å². The Balaban J connectivity index is 1.67. The van der Waals surface area contributed by atoms with Crippen LogP contribution in [0.1, 0.15) is 18.4 Å². The molecule has 1 fully saturated rings. The molecule has 25 heavy (non-hydrogen) atoms. The van der Waals surface area contributed by atoms with Gasteiger partial charge in [-0.1, -0.05) is 12.1 Å². The van der Waals surface area contributed by atoms with Crippen molar-refractivity contribution in [2.75, 3.05) is 5.32 Å². The van der Waals surface area contributed by atoms with E-state index in [0.29, 0.717) is 24.1 Å². The first-order chi connectivity index (χ1) is 11.9. The Morgan fingerprint density at radius 2 is 1.96 bits per heavy atom. The lowest BCUT2D eigenvalue weighted by molar-refractivity contribution is -0.145. The monoisotopic (exact) mass is 343 g/mol. The first-order valence-corrected chi connectivity index (χ1v) is 7.94. The van der Waals surface area contributed by atoms with Gasteiger partial charge < -0.3 is 15.7 Å². The summed E-state index contributed by atoms with van der Waals surface area (Å²) in [6.45, 7) is 1.85. The van der Waals surface area contributed by atoms with Crippen molar-refractivity contribution < 1.29 is 19.1 Å². The van der Waals surface area contributed by atoms with Crippen LogP contribution in [0, 0.1) is 18.7 Å². The summed E-state index contributed by atoms with van der Waals surface area (Å²) >= 11 is 0. The molecule has 130 valence electrons. The normalized spacial score (nSPS) is 19.0. The van der Waals surface area contributed by atoms with Crippen LogP contribution in [0.4, 0.5) is 14.9 Å². The van der Waals surface area contributed by atoms with Crippen LogP contribution >= 0.6 is 0 Å². The van der Waals surface area contributed by atoms with Gasteiger partial charge in [0.15, 0.2) is 0 Å². The van der Waals surface area contributed by atoms with E-state index in [9.17, 15) is 14.0 Å². The van der Waals surface area contributed by atoms with E-state index in [0.717, 1.165) is 17.3 Å². The fraction of sp³-hybridized carbons (Fsp3) is 0.278. The van der Waals surface area contributed by atoms with Gasteiger partial charge in [0.1, 0.15) is 5.82 Å². The fourth-order valence-corrected chi connectivity index (χ4v) is 2.79. The number of aromatic nitrogens is 1. The van der Waals surface area contributed by atoms with Crippen LogP contribution in [0.15, 0.2) is 36.7 Å². The SMILES string of the molecule is Cc1ccc(-c2cncc(F)c2)cc1NC(=O)NC1CC(C(=O)O)C1. The molecule has 0 saturated heterocycles. The van der Waals surface area contributed by atoms with Crippen molar-refractivity contribution in [3.8, 4) is 11.1 Å². The van der Waals surface area contributed by atoms with E-state index in [2.05, 4.69) is 15.6 Å². The second-order valence-corrected chi connectivity index (χ2v) is 6.22. The smallest absolute Gasteiger partial charge is 0.319 e. The summed E-state index contributed by atoms with van der Waals surface area (Å²) in [5, 5.41) is 14.4. The number of nitrogens with one attached hydrogen (secondary N) is 2. The molecule has 1 aliphatic rings. The maximum atomic E-state index is 13.3. The molecule has 6 nitrogen and oxygen atoms in total. The summed E-state index contributed by atoms with van der Waals surface area (Å²) in [6.07, 6.45) is 3.57. The van der Waals surface area contributed by atoms with E-state index in [1.165, 1.54) is 6.07 Å². The molecule has 1 aromatic carbocycles. The molecule has 1 aromatic heterocycles. The van der Waals surface area contributed by atoms with Crippen molar-refractivity contribution in [3.05, 3.63) is 48.0 Å². The number of carbonyl (C=O) groups is 2. The molecule has 0 radical (unpaired) electrons. The first-order valence-electron chi connectivity index (χ1n) is 7.94. The molecule has 3 N–H and O–H groups in total. The Labute approximate surface area is 144 Å². The van der Waals surface area contributed by atoms with Gasteiger partial charge in [0.05, 0.1) is 12.1 Å². The van der Waals surface area contributed by atoms with Gasteiger partial charge in [-0.2, -0.15) is 0 Å². The fourth-order valence-electron chi connectivity index (χ4n) is 2.79. The molecule has 0 spiro atoms. The average Bonchev–Trinajstić information content (AvgIpc) is 2.52. The number of nitrogens with zero attached hydrogens (tertiary/aromatic N) is 1. The standard InChI is InChI=1S/C18H18FN3O3/c1-10-2-3-11(13-4-14(19)9-20-8-13)7-16(10)22-18(25)21-15-5-12(6-15)17(23)24/h2-4,7-9,12,15H,5-6H2,1H3,(H,23,24)(H2,21,22,25). The van der Waals surface area contributed by atoms with Gasteiger partial charge >= 0.3 is 12.0 Å². The molecule has 0 bridgehead atoms. The number of urea groups is 1. The number of aryl methyl sites for hydroxylation is 1. The van der Waals surface area contributed by atoms with Gasteiger partial charge in [0.25, 0.3) is 0 Å². The number of carboxylic acid groups (broad SMARTS) is 1. The number of aliphatic carboxylic acids is 1. The van der Waals surface area contributed by atoms with Crippen LogP contribution < -0.4 is 10.6 Å². The van der Waals surface area contributed by atoms with E-state index in [4.69, 9.17) is 5.11 Å². The first kappa shape index (κ1) is 16.9. The minimum absolute atomic E-state index is 0.128. The average molecular weight is 343 g/mol. The van der Waals surface area contributed by atoms with E-state index in [1.807, 2.05) is 19.1 Å². The van der Waals surface area contributed by atoms with Gasteiger partial charge in [-0.3, -0.25) is 9.78 Å². The summed E-state index contributed by atoms with van der Waals surface area (Å²) in [4.78, 5) is 26.7. The van der Waals surface area contributed by atoms with Crippen LogP contribution in [0.25, 0.3) is 11.1 Å². The predicted octanol–water partition coefficient (Wildman–Crippen LogP) is 3.18. The van der Waals surface area contributed by atoms with Gasteiger partial charge in [-0.15, -0.1) is 0 Å². The summed E-state index contributed by atoms with van der Waals surface area (Å²) in [5.41, 5.74) is 2.82. The summed E-state index contributed by atoms with van der Waals surface area (Å²) in [6, 6.07) is 6.29. The number of carbonyl (C=O) groups excluding carboxylic acids is 1. The molecular formula is C18H18FN3O3. The predicted molar refractivity (Wildman–Crippen MR) is 90.7 cm³/mol. The number of anilines is 1. The van der Waals surface area contributed by atoms with Gasteiger partial charge in [0.2, 0.25) is 0 Å². The number of amides is 2.